The lowest BCUT2D eigenvalue weighted by molar-refractivity contribution is 0.500. The smallest absolute Gasteiger partial charge is 0.264 e. The summed E-state index contributed by atoms with van der Waals surface area (Å²) >= 11 is 0. The van der Waals surface area contributed by atoms with Gasteiger partial charge in [0.25, 0.3) is 10.0 Å². The van der Waals surface area contributed by atoms with Crippen LogP contribution < -0.4 is 0 Å². The summed E-state index contributed by atoms with van der Waals surface area (Å²) in [6.07, 6.45) is 3.39. The molecule has 3 nitrogen and oxygen atoms in total. The molecule has 0 saturated carbocycles. The van der Waals surface area contributed by atoms with Crippen molar-refractivity contribution in [3.63, 3.8) is 0 Å². The first kappa shape index (κ1) is 9.27. The zero-order valence-corrected chi connectivity index (χ0v) is 8.66. The molecule has 0 atom stereocenters. The molecule has 1 heterocycles. The minimum Gasteiger partial charge on any atom is -0.270 e. The molecule has 0 fully saturated rings. The van der Waals surface area contributed by atoms with E-state index in [9.17, 15) is 8.42 Å². The van der Waals surface area contributed by atoms with Crippen LogP contribution in [0, 0.1) is 6.92 Å². The molecular weight excluding hydrogens is 198 g/mol. The second-order valence-corrected chi connectivity index (χ2v) is 5.16. The molecule has 0 aliphatic carbocycles. The van der Waals surface area contributed by atoms with Gasteiger partial charge in [0.05, 0.1) is 11.4 Å². The Balaban J connectivity index is 2.39. The van der Waals surface area contributed by atoms with E-state index in [4.69, 9.17) is 0 Å². The Morgan fingerprint density at radius 3 is 2.21 bits per heavy atom. The molecule has 0 bridgehead atoms. The number of aryl methyl sites for hydroxylation is 1. The van der Waals surface area contributed by atoms with Crippen molar-refractivity contribution in [3.05, 3.63) is 42.1 Å². The summed E-state index contributed by atoms with van der Waals surface area (Å²) in [5, 5.41) is 0. The summed E-state index contributed by atoms with van der Waals surface area (Å²) in [6.45, 7) is 2.41. The summed E-state index contributed by atoms with van der Waals surface area (Å²) in [4.78, 5) is 0.354. The Kier molecular flexibility index (Phi) is 2.07. The van der Waals surface area contributed by atoms with Gasteiger partial charge in [0.2, 0.25) is 0 Å². The van der Waals surface area contributed by atoms with E-state index in [1.165, 1.54) is 4.31 Å². The third-order valence-electron chi connectivity index (χ3n) is 2.18. The highest BCUT2D eigenvalue weighted by atomic mass is 32.2. The maximum absolute atomic E-state index is 11.8. The molecule has 0 spiro atoms. The molecule has 0 radical (unpaired) electrons. The van der Waals surface area contributed by atoms with Crippen molar-refractivity contribution < 1.29 is 8.42 Å². The van der Waals surface area contributed by atoms with Crippen molar-refractivity contribution in [2.45, 2.75) is 11.8 Å². The highest BCUT2D eigenvalue weighted by Gasteiger charge is 2.23. The molecule has 0 aromatic heterocycles. The summed E-state index contributed by atoms with van der Waals surface area (Å²) in [5.41, 5.74) is 1.06. The van der Waals surface area contributed by atoms with Crippen LogP contribution in [0.15, 0.2) is 41.4 Å². The van der Waals surface area contributed by atoms with Crippen molar-refractivity contribution in [2.24, 2.45) is 0 Å². The molecule has 0 unspecified atom stereocenters. The fourth-order valence-corrected chi connectivity index (χ4v) is 2.49. The predicted octanol–water partition coefficient (Wildman–Crippen LogP) is 1.51. The van der Waals surface area contributed by atoms with Crippen LogP contribution in [-0.4, -0.2) is 19.3 Å². The van der Waals surface area contributed by atoms with E-state index in [1.807, 2.05) is 13.0 Å². The van der Waals surface area contributed by atoms with Gasteiger partial charge in [0.1, 0.15) is 0 Å². The molecule has 74 valence electrons. The molecule has 1 aliphatic heterocycles. The molecule has 2 rings (SSSR count). The van der Waals surface area contributed by atoms with E-state index >= 15 is 0 Å². The summed E-state index contributed by atoms with van der Waals surface area (Å²) in [7, 11) is -3.27. The van der Waals surface area contributed by atoms with E-state index in [1.54, 1.807) is 30.5 Å². The monoisotopic (exact) mass is 209 g/mol. The van der Waals surface area contributed by atoms with Gasteiger partial charge in [-0.25, -0.2) is 8.42 Å². The second kappa shape index (κ2) is 3.13. The van der Waals surface area contributed by atoms with E-state index < -0.39 is 10.0 Å². The highest BCUT2D eigenvalue weighted by Crippen LogP contribution is 2.19. The third-order valence-corrected chi connectivity index (χ3v) is 3.94. The van der Waals surface area contributed by atoms with Gasteiger partial charge in [-0.1, -0.05) is 17.7 Å². The minimum absolute atomic E-state index is 0.354. The number of benzene rings is 1. The Bertz CT molecular complexity index is 459. The molecule has 0 N–H and O–H groups in total. The number of hydrogen-bond donors (Lipinski definition) is 0. The average molecular weight is 209 g/mol. The first-order chi connectivity index (χ1) is 6.60. The van der Waals surface area contributed by atoms with Gasteiger partial charge in [0, 0.05) is 6.20 Å². The standard InChI is InChI=1S/C10H11NO2S/c1-9-3-5-10(6-4-9)14(12,13)11-7-2-8-11/h2-7H,8H2,1H3. The van der Waals surface area contributed by atoms with Crippen molar-refractivity contribution in [1.29, 1.82) is 0 Å². The van der Waals surface area contributed by atoms with Crippen LogP contribution >= 0.6 is 0 Å². The van der Waals surface area contributed by atoms with Crippen molar-refractivity contribution >= 4 is 10.0 Å². The Labute approximate surface area is 83.7 Å². The Hall–Kier alpha value is -1.29. The second-order valence-electron chi connectivity index (χ2n) is 3.27. The number of rotatable bonds is 2. The number of sulfonamides is 1. The predicted molar refractivity (Wildman–Crippen MR) is 54.2 cm³/mol. The molecule has 1 aromatic rings. The average Bonchev–Trinajstić information content (AvgIpc) is 2.00. The largest absolute Gasteiger partial charge is 0.270 e. The molecule has 0 amide bonds. The molecule has 14 heavy (non-hydrogen) atoms. The van der Waals surface area contributed by atoms with E-state index in [0.717, 1.165) is 5.56 Å². The third kappa shape index (κ3) is 1.42. The van der Waals surface area contributed by atoms with Crippen LogP contribution in [-0.2, 0) is 10.0 Å². The van der Waals surface area contributed by atoms with Crippen LogP contribution in [0.3, 0.4) is 0 Å². The lowest BCUT2D eigenvalue weighted by atomic mass is 10.2. The summed E-state index contributed by atoms with van der Waals surface area (Å²) < 4.78 is 24.9. The van der Waals surface area contributed by atoms with Gasteiger partial charge >= 0.3 is 0 Å². The molecular formula is C10H11NO2S. The van der Waals surface area contributed by atoms with Crippen LogP contribution in [0.1, 0.15) is 5.56 Å². The SMILES string of the molecule is Cc1ccc(S(=O)(=O)N2C=CC2)cc1. The summed E-state index contributed by atoms with van der Waals surface area (Å²) in [6, 6.07) is 6.88. The normalized spacial score (nSPS) is 15.4. The van der Waals surface area contributed by atoms with Crippen molar-refractivity contribution in [2.75, 3.05) is 6.54 Å². The first-order valence-electron chi connectivity index (χ1n) is 4.36. The van der Waals surface area contributed by atoms with Gasteiger partial charge in [-0.05, 0) is 25.1 Å². The Morgan fingerprint density at radius 1 is 1.21 bits per heavy atom. The fraction of sp³-hybridized carbons (Fsp3) is 0.200. The van der Waals surface area contributed by atoms with Crippen molar-refractivity contribution in [3.8, 4) is 0 Å². The Morgan fingerprint density at radius 2 is 1.79 bits per heavy atom. The number of nitrogens with zero attached hydrogens (tertiary/aromatic N) is 1. The number of hydrogen-bond acceptors (Lipinski definition) is 2. The molecule has 1 aliphatic rings. The summed E-state index contributed by atoms with van der Waals surface area (Å²) in [5.74, 6) is 0. The van der Waals surface area contributed by atoms with Crippen molar-refractivity contribution in [1.82, 2.24) is 4.31 Å². The molecule has 1 aromatic carbocycles. The first-order valence-corrected chi connectivity index (χ1v) is 5.80. The van der Waals surface area contributed by atoms with E-state index in [-0.39, 0.29) is 0 Å². The van der Waals surface area contributed by atoms with Crippen LogP contribution in [0.25, 0.3) is 0 Å². The van der Waals surface area contributed by atoms with Crippen LogP contribution in [0.4, 0.5) is 0 Å². The van der Waals surface area contributed by atoms with Gasteiger partial charge in [-0.3, -0.25) is 4.31 Å². The highest BCUT2D eigenvalue weighted by molar-refractivity contribution is 7.89. The maximum atomic E-state index is 11.8. The zero-order chi connectivity index (χ0) is 10.2. The van der Waals surface area contributed by atoms with Gasteiger partial charge in [-0.2, -0.15) is 0 Å². The van der Waals surface area contributed by atoms with Gasteiger partial charge in [0.15, 0.2) is 0 Å². The van der Waals surface area contributed by atoms with Crippen LogP contribution in [0.2, 0.25) is 0 Å². The topological polar surface area (TPSA) is 37.4 Å². The lowest BCUT2D eigenvalue weighted by Gasteiger charge is -2.24. The van der Waals surface area contributed by atoms with E-state index in [0.29, 0.717) is 11.4 Å². The zero-order valence-electron chi connectivity index (χ0n) is 7.84. The van der Waals surface area contributed by atoms with Crippen LogP contribution in [0.5, 0.6) is 0 Å². The minimum atomic E-state index is -3.27. The van der Waals surface area contributed by atoms with Gasteiger partial charge in [-0.15, -0.1) is 0 Å². The molecule has 4 heteroatoms. The maximum Gasteiger partial charge on any atom is 0.264 e. The quantitative estimate of drug-likeness (QED) is 0.740. The fourth-order valence-electron chi connectivity index (χ4n) is 1.22. The molecule has 0 saturated heterocycles. The van der Waals surface area contributed by atoms with E-state index in [2.05, 4.69) is 0 Å². The lowest BCUT2D eigenvalue weighted by Crippen LogP contribution is -2.31. The van der Waals surface area contributed by atoms with Gasteiger partial charge < -0.3 is 0 Å².